The van der Waals surface area contributed by atoms with E-state index in [0.29, 0.717) is 30.5 Å². The van der Waals surface area contributed by atoms with Gasteiger partial charge in [-0.3, -0.25) is 28.8 Å². The number of nitrogens with one attached hydrogen (secondary N) is 9. The fourth-order valence-corrected chi connectivity index (χ4v) is 9.00. The Morgan fingerprint density at radius 3 is 1.21 bits per heavy atom. The maximum Gasteiger partial charge on any atom is 0.326 e. The van der Waals surface area contributed by atoms with Crippen molar-refractivity contribution >= 4 is 74.1 Å². The van der Waals surface area contributed by atoms with Crippen molar-refractivity contribution in [2.75, 3.05) is 6.54 Å². The van der Waals surface area contributed by atoms with Gasteiger partial charge in [-0.1, -0.05) is 96.1 Å². The van der Waals surface area contributed by atoms with Crippen molar-refractivity contribution in [3.8, 4) is 0 Å². The number of nitrogens with two attached hydrogens (primary N) is 2. The van der Waals surface area contributed by atoms with Gasteiger partial charge in [0.2, 0.25) is 35.4 Å². The van der Waals surface area contributed by atoms with E-state index in [9.17, 15) is 38.7 Å². The molecule has 0 saturated heterocycles. The van der Waals surface area contributed by atoms with Crippen molar-refractivity contribution in [2.24, 2.45) is 29.2 Å². The van der Waals surface area contributed by atoms with Crippen LogP contribution in [0.2, 0.25) is 0 Å². The molecule has 6 rings (SSSR count). The number of benzene rings is 3. The first-order chi connectivity index (χ1) is 34.9. The van der Waals surface area contributed by atoms with E-state index in [4.69, 9.17) is 11.5 Å². The number of amides is 6. The number of para-hydroxylation sites is 3. The number of H-pyrrole nitrogens is 3. The van der Waals surface area contributed by atoms with Crippen molar-refractivity contribution in [1.82, 2.24) is 46.9 Å². The van der Waals surface area contributed by atoms with Crippen LogP contribution in [0.15, 0.2) is 91.4 Å². The van der Waals surface area contributed by atoms with Crippen molar-refractivity contribution in [3.63, 3.8) is 0 Å². The number of carbonyl (C=O) groups is 7. The van der Waals surface area contributed by atoms with Crippen LogP contribution in [0.4, 0.5) is 0 Å². The Morgan fingerprint density at radius 1 is 0.466 bits per heavy atom. The van der Waals surface area contributed by atoms with Crippen LogP contribution >= 0.6 is 0 Å². The number of unbranched alkanes of at least 4 members (excludes halogenated alkanes) is 1. The summed E-state index contributed by atoms with van der Waals surface area (Å²) in [6.07, 6.45) is 6.61. The summed E-state index contributed by atoms with van der Waals surface area (Å²) in [5, 5.41) is 29.3. The fourth-order valence-electron chi connectivity index (χ4n) is 9.00. The molecule has 0 unspecified atom stereocenters. The molecular formula is C54H71N11O8. The summed E-state index contributed by atoms with van der Waals surface area (Å²) in [5.41, 5.74) is 16.8. The van der Waals surface area contributed by atoms with Gasteiger partial charge in [0.25, 0.3) is 0 Å². The molecule has 7 atom stereocenters. The van der Waals surface area contributed by atoms with Gasteiger partial charge in [-0.25, -0.2) is 4.79 Å². The maximum absolute atomic E-state index is 14.6. The van der Waals surface area contributed by atoms with Gasteiger partial charge in [0.15, 0.2) is 0 Å². The second kappa shape index (κ2) is 25.2. The zero-order valence-corrected chi connectivity index (χ0v) is 42.3. The summed E-state index contributed by atoms with van der Waals surface area (Å²) in [7, 11) is 0. The summed E-state index contributed by atoms with van der Waals surface area (Å²) in [6, 6.07) is 14.3. The molecule has 3 heterocycles. The van der Waals surface area contributed by atoms with Crippen molar-refractivity contribution < 1.29 is 38.7 Å². The van der Waals surface area contributed by atoms with Crippen LogP contribution in [0.3, 0.4) is 0 Å². The molecule has 19 nitrogen and oxygen atoms in total. The Morgan fingerprint density at radius 2 is 0.808 bits per heavy atom. The Balaban J connectivity index is 1.20. The average molecular weight is 1000 g/mol. The summed E-state index contributed by atoms with van der Waals surface area (Å²) >= 11 is 0. The molecule has 0 spiro atoms. The highest BCUT2D eigenvalue weighted by Crippen LogP contribution is 2.23. The van der Waals surface area contributed by atoms with Gasteiger partial charge < -0.3 is 63.4 Å². The first-order valence-electron chi connectivity index (χ1n) is 25.0. The Hall–Kier alpha value is -7.51. The predicted octanol–water partition coefficient (Wildman–Crippen LogP) is 3.58. The van der Waals surface area contributed by atoms with E-state index in [-0.39, 0.29) is 25.7 Å². The van der Waals surface area contributed by atoms with E-state index >= 15 is 0 Å². The van der Waals surface area contributed by atoms with E-state index in [1.54, 1.807) is 60.1 Å². The number of carboxylic acid groups (broad SMARTS) is 1. The summed E-state index contributed by atoms with van der Waals surface area (Å²) < 4.78 is 0. The predicted molar refractivity (Wildman–Crippen MR) is 281 cm³/mol. The van der Waals surface area contributed by atoms with Crippen LogP contribution in [-0.4, -0.2) is 110 Å². The lowest BCUT2D eigenvalue weighted by atomic mass is 9.97. The molecule has 3 aromatic heterocycles. The lowest BCUT2D eigenvalue weighted by Crippen LogP contribution is -2.62. The second-order valence-electron chi connectivity index (χ2n) is 19.8. The standard InChI is InChI=1S/C54H71N11O8/c1-29(2)45(63-48(66)38(56)23-32-26-57-39-18-10-7-15-35(32)39)51(69)62-44(25-34-28-59-41-20-12-9-17-37(34)41)50(68)64-47(31(5)6)53(71)65-46(30(3)4)52(70)61-43(24-33-27-58-40-19-11-8-16-36(33)40)49(67)60-42(54(72)73)21-13-14-22-55/h7-12,15-20,26-31,38,42-47,57-59H,13-14,21-25,55-56H2,1-6H3,(H,60,67)(H,61,70)(H,62,69)(H,63,66)(H,64,68)(H,65,71)(H,72,73)/t38-,42-,43-,44-,45-,46-,47-/m0/s1. The molecular weight excluding hydrogens is 931 g/mol. The minimum Gasteiger partial charge on any atom is -0.480 e. The number of aromatic nitrogens is 3. The van der Waals surface area contributed by atoms with Crippen LogP contribution in [0.1, 0.15) is 77.5 Å². The lowest BCUT2D eigenvalue weighted by Gasteiger charge is -2.30. The van der Waals surface area contributed by atoms with Gasteiger partial charge in [0.1, 0.15) is 36.3 Å². The highest BCUT2D eigenvalue weighted by Gasteiger charge is 2.36. The number of aliphatic carboxylic acids is 1. The number of hydrogen-bond donors (Lipinski definition) is 12. The molecule has 0 aliphatic carbocycles. The third-order valence-corrected chi connectivity index (χ3v) is 13.2. The SMILES string of the molecule is CC(C)[C@H](NC(=O)[C@H](Cc1c[nH]c2ccccc12)NC(=O)[C@@H](NC(=O)[C@@H](N)Cc1c[nH]c2ccccc12)C(C)C)C(=O)N[C@H](C(=O)N[C@@H](Cc1c[nH]c2ccccc12)C(=O)N[C@@H](CCCCN)C(=O)O)C(C)C. The molecule has 0 fully saturated rings. The van der Waals surface area contributed by atoms with E-state index < -0.39 is 101 Å². The lowest BCUT2D eigenvalue weighted by molar-refractivity contribution is -0.142. The molecule has 73 heavy (non-hydrogen) atoms. The first-order valence-corrected chi connectivity index (χ1v) is 25.0. The molecule has 3 aromatic carbocycles. The Labute approximate surface area is 424 Å². The van der Waals surface area contributed by atoms with Gasteiger partial charge >= 0.3 is 5.97 Å². The van der Waals surface area contributed by atoms with Crippen LogP contribution in [-0.2, 0) is 52.8 Å². The van der Waals surface area contributed by atoms with Gasteiger partial charge in [0, 0.05) is 64.1 Å². The quantitative estimate of drug-likeness (QED) is 0.0351. The number of fused-ring (bicyclic) bond motifs is 3. The Kier molecular flexibility index (Phi) is 19.0. The molecule has 0 radical (unpaired) electrons. The third kappa shape index (κ3) is 14.1. The molecule has 6 amide bonds. The van der Waals surface area contributed by atoms with Gasteiger partial charge in [-0.2, -0.15) is 0 Å². The molecule has 0 aliphatic heterocycles. The summed E-state index contributed by atoms with van der Waals surface area (Å²) in [4.78, 5) is 107. The van der Waals surface area contributed by atoms with E-state index in [1.807, 2.05) is 72.8 Å². The smallest absolute Gasteiger partial charge is 0.326 e. The van der Waals surface area contributed by atoms with Gasteiger partial charge in [-0.15, -0.1) is 0 Å². The normalized spacial score (nSPS) is 14.6. The highest BCUT2D eigenvalue weighted by atomic mass is 16.4. The number of carbonyl (C=O) groups excluding carboxylic acids is 6. The molecule has 0 saturated carbocycles. The monoisotopic (exact) mass is 1000 g/mol. The third-order valence-electron chi connectivity index (χ3n) is 13.2. The van der Waals surface area contributed by atoms with E-state index in [0.717, 1.165) is 38.3 Å². The Bertz CT molecular complexity index is 2880. The number of hydrogen-bond acceptors (Lipinski definition) is 9. The van der Waals surface area contributed by atoms with Crippen LogP contribution in [0.25, 0.3) is 32.7 Å². The first kappa shape index (κ1) is 54.8. The van der Waals surface area contributed by atoms with Crippen molar-refractivity contribution in [1.29, 1.82) is 0 Å². The minimum absolute atomic E-state index is 0.000474. The highest BCUT2D eigenvalue weighted by molar-refractivity contribution is 5.98. The van der Waals surface area contributed by atoms with Crippen LogP contribution in [0, 0.1) is 17.8 Å². The largest absolute Gasteiger partial charge is 0.480 e. The van der Waals surface area contributed by atoms with Crippen molar-refractivity contribution in [3.05, 3.63) is 108 Å². The van der Waals surface area contributed by atoms with Gasteiger partial charge in [-0.05, 0) is 84.9 Å². The number of carboxylic acids is 1. The molecule has 0 bridgehead atoms. The number of aromatic amines is 3. The molecule has 390 valence electrons. The second-order valence-corrected chi connectivity index (χ2v) is 19.8. The van der Waals surface area contributed by atoms with Crippen LogP contribution in [0.5, 0.6) is 0 Å². The zero-order valence-electron chi connectivity index (χ0n) is 42.3. The van der Waals surface area contributed by atoms with E-state index in [1.165, 1.54) is 0 Å². The summed E-state index contributed by atoms with van der Waals surface area (Å²) in [5.74, 6) is -6.74. The van der Waals surface area contributed by atoms with E-state index in [2.05, 4.69) is 46.9 Å². The molecule has 6 aromatic rings. The van der Waals surface area contributed by atoms with Crippen LogP contribution < -0.4 is 43.4 Å². The molecule has 14 N–H and O–H groups in total. The number of rotatable bonds is 26. The molecule has 0 aliphatic rings. The topological polar surface area (TPSA) is 311 Å². The van der Waals surface area contributed by atoms with Crippen molar-refractivity contribution in [2.45, 2.75) is 122 Å². The zero-order chi connectivity index (χ0) is 52.9. The maximum atomic E-state index is 14.6. The van der Waals surface area contributed by atoms with Gasteiger partial charge in [0.05, 0.1) is 6.04 Å². The minimum atomic E-state index is -1.26. The average Bonchev–Trinajstić information content (AvgIpc) is 4.09. The summed E-state index contributed by atoms with van der Waals surface area (Å²) in [6.45, 7) is 10.8. The fraction of sp³-hybridized carbons (Fsp3) is 0.426. The molecule has 19 heteroatoms.